The van der Waals surface area contributed by atoms with Crippen LogP contribution in [-0.2, 0) is 12.8 Å². The van der Waals surface area contributed by atoms with Gasteiger partial charge in [0.05, 0.1) is 0 Å². The van der Waals surface area contributed by atoms with Gasteiger partial charge in [0, 0.05) is 42.3 Å². The number of nitrogens with two attached hydrogens (primary N) is 1. The smallest absolute Gasteiger partial charge is 0.115 e. The molecule has 4 heteroatoms. The minimum Gasteiger partial charge on any atom is -0.324 e. The summed E-state index contributed by atoms with van der Waals surface area (Å²) in [6, 6.07) is 4.02. The molecule has 0 aromatic carbocycles. The summed E-state index contributed by atoms with van der Waals surface area (Å²) >= 11 is 0. The molecule has 0 saturated heterocycles. The van der Waals surface area contributed by atoms with Crippen molar-refractivity contribution in [1.82, 2.24) is 15.0 Å². The van der Waals surface area contributed by atoms with Gasteiger partial charge in [-0.3, -0.25) is 4.98 Å². The molecule has 0 aliphatic rings. The molecular weight excluding hydrogens is 212 g/mol. The fourth-order valence-electron chi connectivity index (χ4n) is 1.63. The molecule has 0 saturated carbocycles. The third-order valence-corrected chi connectivity index (χ3v) is 2.73. The monoisotopic (exact) mass is 228 g/mol. The van der Waals surface area contributed by atoms with Gasteiger partial charge in [-0.25, -0.2) is 9.97 Å². The van der Waals surface area contributed by atoms with Crippen molar-refractivity contribution in [3.05, 3.63) is 53.9 Å². The lowest BCUT2D eigenvalue weighted by molar-refractivity contribution is 0.697. The molecule has 0 radical (unpaired) electrons. The van der Waals surface area contributed by atoms with Crippen LogP contribution in [0.25, 0.3) is 0 Å². The quantitative estimate of drug-likeness (QED) is 0.864. The van der Waals surface area contributed by atoms with Crippen molar-refractivity contribution in [2.24, 2.45) is 5.73 Å². The van der Waals surface area contributed by atoms with Crippen molar-refractivity contribution in [3.8, 4) is 0 Å². The Labute approximate surface area is 101 Å². The molecule has 2 heterocycles. The first-order valence-corrected chi connectivity index (χ1v) is 5.74. The van der Waals surface area contributed by atoms with Crippen LogP contribution >= 0.6 is 0 Å². The molecule has 0 fully saturated rings. The number of pyridine rings is 1. The van der Waals surface area contributed by atoms with Gasteiger partial charge in [-0.2, -0.15) is 0 Å². The number of nitrogens with zero attached hydrogens (tertiary/aromatic N) is 3. The molecule has 0 amide bonds. The average Bonchev–Trinajstić information content (AvgIpc) is 2.40. The molecule has 17 heavy (non-hydrogen) atoms. The number of aromatic nitrogens is 3. The first-order chi connectivity index (χ1) is 8.29. The zero-order valence-corrected chi connectivity index (χ0v) is 9.87. The molecule has 2 N–H and O–H groups in total. The zero-order valence-electron chi connectivity index (χ0n) is 9.87. The van der Waals surface area contributed by atoms with Gasteiger partial charge in [0.25, 0.3) is 0 Å². The first-order valence-electron chi connectivity index (χ1n) is 5.74. The van der Waals surface area contributed by atoms with E-state index in [1.807, 2.05) is 12.3 Å². The fourth-order valence-corrected chi connectivity index (χ4v) is 1.63. The molecule has 0 aliphatic heterocycles. The van der Waals surface area contributed by atoms with Gasteiger partial charge in [0.1, 0.15) is 6.33 Å². The standard InChI is InChI=1S/C13H16N4/c1-2-10-3-4-12(17-6-10)5-13(14)11-7-15-9-16-8-11/h3-4,6-9,13H,2,5,14H2,1H3. The van der Waals surface area contributed by atoms with E-state index in [1.54, 1.807) is 12.4 Å². The second-order valence-electron chi connectivity index (χ2n) is 3.99. The van der Waals surface area contributed by atoms with Crippen molar-refractivity contribution >= 4 is 0 Å². The van der Waals surface area contributed by atoms with Crippen molar-refractivity contribution in [2.45, 2.75) is 25.8 Å². The van der Waals surface area contributed by atoms with Gasteiger partial charge in [0.2, 0.25) is 0 Å². The second-order valence-corrected chi connectivity index (χ2v) is 3.99. The van der Waals surface area contributed by atoms with E-state index in [4.69, 9.17) is 5.73 Å². The lowest BCUT2D eigenvalue weighted by Gasteiger charge is -2.10. The Bertz CT molecular complexity index is 453. The van der Waals surface area contributed by atoms with Gasteiger partial charge in [-0.1, -0.05) is 13.0 Å². The molecule has 0 bridgehead atoms. The SMILES string of the molecule is CCc1ccc(CC(N)c2cncnc2)nc1. The topological polar surface area (TPSA) is 64.7 Å². The Hall–Kier alpha value is -1.81. The van der Waals surface area contributed by atoms with Crippen LogP contribution in [-0.4, -0.2) is 15.0 Å². The van der Waals surface area contributed by atoms with Crippen LogP contribution in [0.2, 0.25) is 0 Å². The molecule has 0 aliphatic carbocycles. The molecule has 1 atom stereocenters. The van der Waals surface area contributed by atoms with E-state index in [-0.39, 0.29) is 6.04 Å². The van der Waals surface area contributed by atoms with Crippen LogP contribution in [0, 0.1) is 0 Å². The van der Waals surface area contributed by atoms with Crippen molar-refractivity contribution < 1.29 is 0 Å². The average molecular weight is 228 g/mol. The van der Waals surface area contributed by atoms with Gasteiger partial charge in [0.15, 0.2) is 0 Å². The highest BCUT2D eigenvalue weighted by Crippen LogP contribution is 2.13. The van der Waals surface area contributed by atoms with Crippen molar-refractivity contribution in [2.75, 3.05) is 0 Å². The number of hydrogen-bond acceptors (Lipinski definition) is 4. The lowest BCUT2D eigenvalue weighted by atomic mass is 10.1. The Kier molecular flexibility index (Phi) is 3.77. The number of hydrogen-bond donors (Lipinski definition) is 1. The van der Waals surface area contributed by atoms with E-state index < -0.39 is 0 Å². The third-order valence-electron chi connectivity index (χ3n) is 2.73. The summed E-state index contributed by atoms with van der Waals surface area (Å²) in [5.74, 6) is 0. The molecule has 0 spiro atoms. The Morgan fingerprint density at radius 2 is 1.94 bits per heavy atom. The number of rotatable bonds is 4. The molecule has 1 unspecified atom stereocenters. The summed E-state index contributed by atoms with van der Waals surface area (Å²) < 4.78 is 0. The zero-order chi connectivity index (χ0) is 12.1. The van der Waals surface area contributed by atoms with E-state index in [2.05, 4.69) is 27.9 Å². The van der Waals surface area contributed by atoms with E-state index in [0.717, 1.165) is 17.7 Å². The minimum absolute atomic E-state index is 0.101. The lowest BCUT2D eigenvalue weighted by Crippen LogP contribution is -2.14. The van der Waals surface area contributed by atoms with E-state index in [1.165, 1.54) is 11.9 Å². The molecule has 2 rings (SSSR count). The number of aryl methyl sites for hydroxylation is 1. The van der Waals surface area contributed by atoms with Crippen LogP contribution in [0.4, 0.5) is 0 Å². The third kappa shape index (κ3) is 3.07. The van der Waals surface area contributed by atoms with Gasteiger partial charge < -0.3 is 5.73 Å². The summed E-state index contributed by atoms with van der Waals surface area (Å²) in [6.07, 6.45) is 8.62. The summed E-state index contributed by atoms with van der Waals surface area (Å²) in [5.41, 5.74) is 9.26. The Balaban J connectivity index is 2.05. The van der Waals surface area contributed by atoms with E-state index >= 15 is 0 Å². The Morgan fingerprint density at radius 3 is 2.53 bits per heavy atom. The highest BCUT2D eigenvalue weighted by Gasteiger charge is 2.08. The minimum atomic E-state index is -0.101. The van der Waals surface area contributed by atoms with Crippen LogP contribution in [0.1, 0.15) is 29.8 Å². The van der Waals surface area contributed by atoms with Crippen molar-refractivity contribution in [3.63, 3.8) is 0 Å². The molecular formula is C13H16N4. The van der Waals surface area contributed by atoms with Crippen LogP contribution < -0.4 is 5.73 Å². The Morgan fingerprint density at radius 1 is 1.18 bits per heavy atom. The summed E-state index contributed by atoms with van der Waals surface area (Å²) in [4.78, 5) is 12.3. The first kappa shape index (κ1) is 11.7. The van der Waals surface area contributed by atoms with E-state index in [9.17, 15) is 0 Å². The van der Waals surface area contributed by atoms with Crippen LogP contribution in [0.3, 0.4) is 0 Å². The highest BCUT2D eigenvalue weighted by atomic mass is 14.8. The predicted octanol–water partition coefficient (Wildman–Crippen LogP) is 1.68. The van der Waals surface area contributed by atoms with Crippen LogP contribution in [0.5, 0.6) is 0 Å². The maximum atomic E-state index is 6.08. The van der Waals surface area contributed by atoms with Crippen LogP contribution in [0.15, 0.2) is 37.1 Å². The summed E-state index contributed by atoms with van der Waals surface area (Å²) in [6.45, 7) is 2.11. The predicted molar refractivity (Wildman–Crippen MR) is 66.3 cm³/mol. The van der Waals surface area contributed by atoms with Gasteiger partial charge in [-0.05, 0) is 18.1 Å². The fraction of sp³-hybridized carbons (Fsp3) is 0.308. The molecule has 2 aromatic heterocycles. The largest absolute Gasteiger partial charge is 0.324 e. The second kappa shape index (κ2) is 5.50. The van der Waals surface area contributed by atoms with Gasteiger partial charge in [-0.15, -0.1) is 0 Å². The molecule has 4 nitrogen and oxygen atoms in total. The molecule has 88 valence electrons. The maximum Gasteiger partial charge on any atom is 0.115 e. The van der Waals surface area contributed by atoms with Gasteiger partial charge >= 0.3 is 0 Å². The summed E-state index contributed by atoms with van der Waals surface area (Å²) in [7, 11) is 0. The molecule has 2 aromatic rings. The highest BCUT2D eigenvalue weighted by molar-refractivity contribution is 5.17. The van der Waals surface area contributed by atoms with Crippen molar-refractivity contribution in [1.29, 1.82) is 0 Å². The normalized spacial score (nSPS) is 12.4. The maximum absolute atomic E-state index is 6.08. The summed E-state index contributed by atoms with van der Waals surface area (Å²) in [5, 5.41) is 0. The van der Waals surface area contributed by atoms with E-state index in [0.29, 0.717) is 6.42 Å².